The van der Waals surface area contributed by atoms with Gasteiger partial charge in [0.05, 0.1) is 12.7 Å². The molecule has 2 rings (SSSR count). The van der Waals surface area contributed by atoms with Gasteiger partial charge in [-0.25, -0.2) is 4.39 Å². The molecular weight excluding hydrogens is 221 g/mol. The number of hydrogen-bond donors (Lipinski definition) is 1. The Kier molecular flexibility index (Phi) is 3.43. The Balaban J connectivity index is 2.25. The second-order valence-corrected chi connectivity index (χ2v) is 4.35. The Morgan fingerprint density at radius 1 is 1.53 bits per heavy atom. The number of ketones is 1. The summed E-state index contributed by atoms with van der Waals surface area (Å²) in [4.78, 5) is 12.2. The van der Waals surface area contributed by atoms with Crippen molar-refractivity contribution in [1.82, 2.24) is 5.32 Å². The van der Waals surface area contributed by atoms with Gasteiger partial charge >= 0.3 is 0 Å². The maximum atomic E-state index is 13.7. The molecule has 0 saturated carbocycles. The molecule has 2 atom stereocenters. The molecule has 2 unspecified atom stereocenters. The molecule has 0 aliphatic carbocycles. The van der Waals surface area contributed by atoms with Gasteiger partial charge in [0.15, 0.2) is 5.78 Å². The number of hydrogen-bond acceptors (Lipinski definition) is 3. The lowest BCUT2D eigenvalue weighted by atomic mass is 9.92. The van der Waals surface area contributed by atoms with E-state index in [4.69, 9.17) is 4.74 Å². The van der Waals surface area contributed by atoms with Crippen molar-refractivity contribution >= 4 is 5.78 Å². The zero-order chi connectivity index (χ0) is 12.4. The second kappa shape index (κ2) is 4.84. The number of carbonyl (C=O) groups excluding carboxylic acids is 1. The number of halogens is 1. The molecule has 1 N–H and O–H groups in total. The topological polar surface area (TPSA) is 38.3 Å². The molecule has 17 heavy (non-hydrogen) atoms. The largest absolute Gasteiger partial charge is 0.497 e. The van der Waals surface area contributed by atoms with Crippen LogP contribution in [0.1, 0.15) is 23.7 Å². The lowest BCUT2D eigenvalue weighted by molar-refractivity contribution is 0.0910. The van der Waals surface area contributed by atoms with Gasteiger partial charge in [-0.15, -0.1) is 0 Å². The first-order chi connectivity index (χ1) is 8.13. The minimum absolute atomic E-state index is 0.115. The summed E-state index contributed by atoms with van der Waals surface area (Å²) in [5.74, 6) is -0.328. The second-order valence-electron chi connectivity index (χ2n) is 4.35. The number of methoxy groups -OCH3 is 1. The molecule has 4 heteroatoms. The van der Waals surface area contributed by atoms with Gasteiger partial charge in [-0.2, -0.15) is 0 Å². The molecule has 0 aromatic heterocycles. The van der Waals surface area contributed by atoms with E-state index in [1.165, 1.54) is 19.2 Å². The number of benzene rings is 1. The Bertz CT molecular complexity index is 433. The lowest BCUT2D eigenvalue weighted by Gasteiger charge is -2.14. The first-order valence-electron chi connectivity index (χ1n) is 5.74. The highest BCUT2D eigenvalue weighted by atomic mass is 19.1. The molecular formula is C13H16FNO2. The van der Waals surface area contributed by atoms with Crippen molar-refractivity contribution in [2.75, 3.05) is 13.7 Å². The highest BCUT2D eigenvalue weighted by Crippen LogP contribution is 2.24. The van der Waals surface area contributed by atoms with Crippen LogP contribution in [0.3, 0.4) is 0 Å². The number of Topliss-reactive ketones (excluding diaryl/α,β-unsaturated/α-hetero) is 1. The maximum absolute atomic E-state index is 13.7. The molecule has 1 saturated heterocycles. The molecule has 92 valence electrons. The van der Waals surface area contributed by atoms with Crippen LogP contribution in [0.2, 0.25) is 0 Å². The average molecular weight is 237 g/mol. The van der Waals surface area contributed by atoms with E-state index in [9.17, 15) is 9.18 Å². The average Bonchev–Trinajstić information content (AvgIpc) is 2.74. The van der Waals surface area contributed by atoms with Crippen molar-refractivity contribution in [2.45, 2.75) is 19.4 Å². The van der Waals surface area contributed by atoms with E-state index >= 15 is 0 Å². The summed E-state index contributed by atoms with van der Waals surface area (Å²) in [6.45, 7) is 2.77. The molecule has 1 aromatic carbocycles. The fraction of sp³-hybridized carbons (Fsp3) is 0.462. The van der Waals surface area contributed by atoms with Gasteiger partial charge in [0.2, 0.25) is 0 Å². The van der Waals surface area contributed by atoms with Crippen LogP contribution < -0.4 is 10.1 Å². The lowest BCUT2D eigenvalue weighted by Crippen LogP contribution is -2.28. The fourth-order valence-electron chi connectivity index (χ4n) is 2.24. The molecule has 0 amide bonds. The van der Waals surface area contributed by atoms with Crippen molar-refractivity contribution in [3.05, 3.63) is 29.6 Å². The van der Waals surface area contributed by atoms with Crippen molar-refractivity contribution in [2.24, 2.45) is 5.92 Å². The van der Waals surface area contributed by atoms with Gasteiger partial charge in [-0.3, -0.25) is 4.79 Å². The van der Waals surface area contributed by atoms with Crippen LogP contribution in [0.15, 0.2) is 18.2 Å². The van der Waals surface area contributed by atoms with E-state index in [1.807, 2.05) is 6.92 Å². The monoisotopic (exact) mass is 237 g/mol. The Hall–Kier alpha value is -1.42. The summed E-state index contributed by atoms with van der Waals surface area (Å²) in [6.07, 6.45) is 0.769. The summed E-state index contributed by atoms with van der Waals surface area (Å²) >= 11 is 0. The van der Waals surface area contributed by atoms with E-state index in [1.54, 1.807) is 6.07 Å². The van der Waals surface area contributed by atoms with Crippen LogP contribution in [0, 0.1) is 11.7 Å². The molecule has 1 aliphatic rings. The number of nitrogens with one attached hydrogen (secondary N) is 1. The standard InChI is InChI=1S/C13H16FNO2/c1-8-10(5-6-15-8)13(16)11-4-3-9(17-2)7-12(11)14/h3-4,7-8,10,15H,5-6H2,1-2H3. The van der Waals surface area contributed by atoms with Crippen molar-refractivity contribution in [3.63, 3.8) is 0 Å². The van der Waals surface area contributed by atoms with Gasteiger partial charge in [-0.05, 0) is 32.0 Å². The third-order valence-electron chi connectivity index (χ3n) is 3.30. The van der Waals surface area contributed by atoms with Gasteiger partial charge in [0, 0.05) is 18.0 Å². The van der Waals surface area contributed by atoms with Gasteiger partial charge in [0.25, 0.3) is 0 Å². The third kappa shape index (κ3) is 2.31. The zero-order valence-electron chi connectivity index (χ0n) is 10.00. The van der Waals surface area contributed by atoms with Gasteiger partial charge in [0.1, 0.15) is 11.6 Å². The van der Waals surface area contributed by atoms with Crippen LogP contribution in [0.25, 0.3) is 0 Å². The minimum atomic E-state index is -0.506. The van der Waals surface area contributed by atoms with Crippen LogP contribution in [0.4, 0.5) is 4.39 Å². The van der Waals surface area contributed by atoms with E-state index < -0.39 is 5.82 Å². The van der Waals surface area contributed by atoms with E-state index in [0.29, 0.717) is 5.75 Å². The third-order valence-corrected chi connectivity index (χ3v) is 3.30. The van der Waals surface area contributed by atoms with Crippen molar-refractivity contribution in [1.29, 1.82) is 0 Å². The smallest absolute Gasteiger partial charge is 0.170 e. The maximum Gasteiger partial charge on any atom is 0.170 e. The molecule has 1 heterocycles. The molecule has 1 aromatic rings. The summed E-state index contributed by atoms with van der Waals surface area (Å²) in [7, 11) is 1.47. The molecule has 3 nitrogen and oxygen atoms in total. The molecule has 0 radical (unpaired) electrons. The summed E-state index contributed by atoms with van der Waals surface area (Å²) < 4.78 is 18.7. The van der Waals surface area contributed by atoms with Crippen LogP contribution in [-0.2, 0) is 0 Å². The van der Waals surface area contributed by atoms with E-state index in [0.717, 1.165) is 13.0 Å². The number of rotatable bonds is 3. The molecule has 0 bridgehead atoms. The number of carbonyl (C=O) groups is 1. The summed E-state index contributed by atoms with van der Waals surface area (Å²) in [5, 5.41) is 3.19. The van der Waals surface area contributed by atoms with E-state index in [2.05, 4.69) is 5.32 Å². The normalized spacial score (nSPS) is 23.7. The minimum Gasteiger partial charge on any atom is -0.497 e. The van der Waals surface area contributed by atoms with Crippen LogP contribution in [0.5, 0.6) is 5.75 Å². The molecule has 0 spiro atoms. The van der Waals surface area contributed by atoms with Crippen molar-refractivity contribution < 1.29 is 13.9 Å². The van der Waals surface area contributed by atoms with Gasteiger partial charge in [-0.1, -0.05) is 0 Å². The molecule has 1 fully saturated rings. The quantitative estimate of drug-likeness (QED) is 0.817. The Morgan fingerprint density at radius 2 is 2.29 bits per heavy atom. The number of ether oxygens (including phenoxy) is 1. The summed E-state index contributed by atoms with van der Waals surface area (Å²) in [5.41, 5.74) is 0.159. The predicted molar refractivity (Wildman–Crippen MR) is 62.9 cm³/mol. The SMILES string of the molecule is COc1ccc(C(=O)C2CCNC2C)c(F)c1. The zero-order valence-corrected chi connectivity index (χ0v) is 10.00. The van der Waals surface area contributed by atoms with E-state index in [-0.39, 0.29) is 23.3 Å². The first-order valence-corrected chi connectivity index (χ1v) is 5.74. The Labute approximate surface area is 100.0 Å². The predicted octanol–water partition coefficient (Wildman–Crippen LogP) is 2.02. The van der Waals surface area contributed by atoms with Gasteiger partial charge < -0.3 is 10.1 Å². The Morgan fingerprint density at radius 3 is 2.82 bits per heavy atom. The first kappa shape index (κ1) is 12.0. The van der Waals surface area contributed by atoms with Crippen LogP contribution >= 0.6 is 0 Å². The summed E-state index contributed by atoms with van der Waals surface area (Å²) in [6, 6.07) is 4.48. The van der Waals surface area contributed by atoms with Crippen LogP contribution in [-0.4, -0.2) is 25.5 Å². The van der Waals surface area contributed by atoms with Crippen molar-refractivity contribution in [3.8, 4) is 5.75 Å². The highest BCUT2D eigenvalue weighted by Gasteiger charge is 2.31. The highest BCUT2D eigenvalue weighted by molar-refractivity contribution is 5.98. The fourth-order valence-corrected chi connectivity index (χ4v) is 2.24. The molecule has 1 aliphatic heterocycles.